The van der Waals surface area contributed by atoms with Crippen molar-refractivity contribution in [3.8, 4) is 6.07 Å². The highest BCUT2D eigenvalue weighted by Gasteiger charge is 2.20. The van der Waals surface area contributed by atoms with Crippen molar-refractivity contribution < 1.29 is 4.79 Å². The molecule has 1 heterocycles. The number of piperazine rings is 1. The Labute approximate surface area is 112 Å². The molecule has 0 bridgehead atoms. The number of carbonyl (C=O) groups excluding carboxylic acids is 1. The van der Waals surface area contributed by atoms with Gasteiger partial charge in [-0.2, -0.15) is 5.26 Å². The number of nitriles is 1. The minimum atomic E-state index is 0.0587. The minimum Gasteiger partial charge on any atom is -0.337 e. The molecule has 4 nitrogen and oxygen atoms in total. The maximum absolute atomic E-state index is 11.2. The largest absolute Gasteiger partial charge is 0.337 e. The molecule has 18 heavy (non-hydrogen) atoms. The molecule has 1 amide bonds. The Balaban J connectivity index is 0. The molecule has 0 aromatic carbocycles. The van der Waals surface area contributed by atoms with Gasteiger partial charge in [-0.05, 0) is 19.9 Å². The van der Waals surface area contributed by atoms with Crippen LogP contribution in [0.5, 0.6) is 0 Å². The molecule has 1 fully saturated rings. The first-order chi connectivity index (χ1) is 8.56. The lowest BCUT2D eigenvalue weighted by atomic mass is 10.2. The first-order valence-electron chi connectivity index (χ1n) is 6.53. The standard InChI is InChI=1S/C10H18N2O.C2H3N.C2H6/c1-4-10(13)12-7-5-11(6-8-12)9(2)3;1-2-3;1-2/h4,9H,1,5-8H2,2-3H3;1H3;1-2H3. The van der Waals surface area contributed by atoms with Crippen LogP contribution in [0.2, 0.25) is 0 Å². The summed E-state index contributed by atoms with van der Waals surface area (Å²) in [7, 11) is 0. The quantitative estimate of drug-likeness (QED) is 0.709. The number of hydrogen-bond acceptors (Lipinski definition) is 3. The summed E-state index contributed by atoms with van der Waals surface area (Å²) in [6.07, 6.45) is 1.39. The van der Waals surface area contributed by atoms with Gasteiger partial charge in [0.1, 0.15) is 0 Å². The van der Waals surface area contributed by atoms with Crippen LogP contribution in [0.4, 0.5) is 0 Å². The van der Waals surface area contributed by atoms with E-state index in [0.29, 0.717) is 6.04 Å². The van der Waals surface area contributed by atoms with Crippen LogP contribution in [0.3, 0.4) is 0 Å². The van der Waals surface area contributed by atoms with Crippen LogP contribution in [0, 0.1) is 11.3 Å². The third-order valence-corrected chi connectivity index (χ3v) is 2.53. The van der Waals surface area contributed by atoms with Gasteiger partial charge in [0.15, 0.2) is 0 Å². The summed E-state index contributed by atoms with van der Waals surface area (Å²) < 4.78 is 0. The van der Waals surface area contributed by atoms with Crippen molar-refractivity contribution >= 4 is 5.91 Å². The Morgan fingerprint density at radius 3 is 1.94 bits per heavy atom. The van der Waals surface area contributed by atoms with Crippen LogP contribution in [0.15, 0.2) is 12.7 Å². The molecule has 0 aromatic rings. The maximum atomic E-state index is 11.2. The zero-order chi connectivity index (χ0) is 14.6. The maximum Gasteiger partial charge on any atom is 0.246 e. The molecule has 4 heteroatoms. The number of hydrogen-bond donors (Lipinski definition) is 0. The Morgan fingerprint density at radius 2 is 1.67 bits per heavy atom. The summed E-state index contributed by atoms with van der Waals surface area (Å²) in [4.78, 5) is 15.5. The van der Waals surface area contributed by atoms with Crippen molar-refractivity contribution in [1.29, 1.82) is 5.26 Å². The molecule has 0 radical (unpaired) electrons. The van der Waals surface area contributed by atoms with Gasteiger partial charge in [-0.1, -0.05) is 20.4 Å². The van der Waals surface area contributed by atoms with Gasteiger partial charge in [0.2, 0.25) is 5.91 Å². The van der Waals surface area contributed by atoms with Gasteiger partial charge >= 0.3 is 0 Å². The monoisotopic (exact) mass is 253 g/mol. The lowest BCUT2D eigenvalue weighted by Gasteiger charge is -2.36. The van der Waals surface area contributed by atoms with E-state index in [1.807, 2.05) is 18.7 Å². The lowest BCUT2D eigenvalue weighted by molar-refractivity contribution is -0.127. The van der Waals surface area contributed by atoms with Crippen molar-refractivity contribution in [2.75, 3.05) is 26.2 Å². The summed E-state index contributed by atoms with van der Waals surface area (Å²) >= 11 is 0. The normalized spacial score (nSPS) is 14.6. The zero-order valence-electron chi connectivity index (χ0n) is 12.4. The molecule has 0 aromatic heterocycles. The molecule has 0 atom stereocenters. The van der Waals surface area contributed by atoms with Gasteiger partial charge in [0.05, 0.1) is 6.07 Å². The molecular weight excluding hydrogens is 226 g/mol. The molecule has 0 N–H and O–H groups in total. The van der Waals surface area contributed by atoms with Crippen molar-refractivity contribution in [3.05, 3.63) is 12.7 Å². The summed E-state index contributed by atoms with van der Waals surface area (Å²) in [6, 6.07) is 2.33. The van der Waals surface area contributed by atoms with Crippen LogP contribution in [0.25, 0.3) is 0 Å². The molecule has 1 aliphatic heterocycles. The molecule has 0 unspecified atom stereocenters. The molecule has 104 valence electrons. The fourth-order valence-electron chi connectivity index (χ4n) is 1.59. The molecule has 1 aliphatic rings. The first kappa shape index (κ1) is 19.0. The summed E-state index contributed by atoms with van der Waals surface area (Å²) in [5.41, 5.74) is 0. The smallest absolute Gasteiger partial charge is 0.246 e. The van der Waals surface area contributed by atoms with E-state index in [1.54, 1.807) is 6.07 Å². The SMILES string of the molecule is C=CC(=O)N1CCN(C(C)C)CC1.CC.CC#N. The van der Waals surface area contributed by atoms with E-state index in [2.05, 4.69) is 25.3 Å². The van der Waals surface area contributed by atoms with E-state index in [-0.39, 0.29) is 5.91 Å². The Bertz CT molecular complexity index is 261. The van der Waals surface area contributed by atoms with Gasteiger partial charge < -0.3 is 4.90 Å². The molecule has 1 saturated heterocycles. The van der Waals surface area contributed by atoms with Gasteiger partial charge in [-0.3, -0.25) is 9.69 Å². The zero-order valence-corrected chi connectivity index (χ0v) is 12.4. The van der Waals surface area contributed by atoms with Crippen LogP contribution in [0.1, 0.15) is 34.6 Å². The number of rotatable bonds is 2. The first-order valence-corrected chi connectivity index (χ1v) is 6.53. The number of carbonyl (C=O) groups is 1. The van der Waals surface area contributed by atoms with E-state index in [0.717, 1.165) is 26.2 Å². The molecular formula is C14H27N3O. The van der Waals surface area contributed by atoms with Crippen molar-refractivity contribution in [1.82, 2.24) is 9.80 Å². The third-order valence-electron chi connectivity index (χ3n) is 2.53. The molecule has 0 saturated carbocycles. The van der Waals surface area contributed by atoms with Gasteiger partial charge in [0, 0.05) is 39.1 Å². The highest BCUT2D eigenvalue weighted by Crippen LogP contribution is 2.05. The van der Waals surface area contributed by atoms with Crippen LogP contribution in [-0.2, 0) is 4.79 Å². The molecule has 0 aliphatic carbocycles. The van der Waals surface area contributed by atoms with E-state index in [4.69, 9.17) is 5.26 Å². The van der Waals surface area contributed by atoms with E-state index in [9.17, 15) is 4.79 Å². The topological polar surface area (TPSA) is 47.3 Å². The number of nitrogens with zero attached hydrogens (tertiary/aromatic N) is 3. The summed E-state index contributed by atoms with van der Waals surface area (Å²) in [5.74, 6) is 0.0587. The second-order valence-electron chi connectivity index (χ2n) is 3.88. The molecule has 0 spiro atoms. The van der Waals surface area contributed by atoms with E-state index < -0.39 is 0 Å². The minimum absolute atomic E-state index is 0.0587. The predicted molar refractivity (Wildman–Crippen MR) is 76.1 cm³/mol. The fraction of sp³-hybridized carbons (Fsp3) is 0.714. The Hall–Kier alpha value is -1.34. The Kier molecular flexibility index (Phi) is 12.8. The van der Waals surface area contributed by atoms with Crippen LogP contribution in [-0.4, -0.2) is 47.9 Å². The van der Waals surface area contributed by atoms with Crippen LogP contribution < -0.4 is 0 Å². The second-order valence-corrected chi connectivity index (χ2v) is 3.88. The van der Waals surface area contributed by atoms with Crippen molar-refractivity contribution in [2.45, 2.75) is 40.7 Å². The predicted octanol–water partition coefficient (Wildman–Crippen LogP) is 2.28. The number of amides is 1. The van der Waals surface area contributed by atoms with Gasteiger partial charge in [0.25, 0.3) is 0 Å². The van der Waals surface area contributed by atoms with E-state index >= 15 is 0 Å². The third kappa shape index (κ3) is 7.86. The summed E-state index contributed by atoms with van der Waals surface area (Å²) in [6.45, 7) is 16.9. The van der Waals surface area contributed by atoms with Gasteiger partial charge in [-0.25, -0.2) is 0 Å². The fourth-order valence-corrected chi connectivity index (χ4v) is 1.59. The highest BCUT2D eigenvalue weighted by molar-refractivity contribution is 5.87. The van der Waals surface area contributed by atoms with E-state index in [1.165, 1.54) is 13.0 Å². The van der Waals surface area contributed by atoms with Gasteiger partial charge in [-0.15, -0.1) is 0 Å². The highest BCUT2D eigenvalue weighted by atomic mass is 16.2. The molecule has 1 rings (SSSR count). The second kappa shape index (κ2) is 12.1. The average molecular weight is 253 g/mol. The van der Waals surface area contributed by atoms with Crippen molar-refractivity contribution in [2.24, 2.45) is 0 Å². The van der Waals surface area contributed by atoms with Crippen LogP contribution >= 0.6 is 0 Å². The average Bonchev–Trinajstić information content (AvgIpc) is 2.41. The Morgan fingerprint density at radius 1 is 1.28 bits per heavy atom. The lowest BCUT2D eigenvalue weighted by Crippen LogP contribution is -2.50. The van der Waals surface area contributed by atoms with Crippen molar-refractivity contribution in [3.63, 3.8) is 0 Å². The summed E-state index contributed by atoms with van der Waals surface area (Å²) in [5, 5.41) is 7.32.